The fraction of sp³-hybridized carbons (Fsp3) is 0.296. The number of benzene rings is 2. The molecule has 0 aliphatic carbocycles. The highest BCUT2D eigenvalue weighted by atomic mass is 32.1. The fourth-order valence-electron chi connectivity index (χ4n) is 6.27. The van der Waals surface area contributed by atoms with Gasteiger partial charge < -0.3 is 10.2 Å². The van der Waals surface area contributed by atoms with Gasteiger partial charge >= 0.3 is 5.97 Å². The van der Waals surface area contributed by atoms with E-state index < -0.39 is 40.4 Å². The van der Waals surface area contributed by atoms with E-state index in [1.807, 2.05) is 43.5 Å². The second-order valence-corrected chi connectivity index (χ2v) is 10.4. The molecule has 0 spiro atoms. The molecule has 0 radical (unpaired) electrons. The standard InChI is InChI=1S/C27H26N4O6S/c1-16(32)21-23-27(14-18-8-10-20(11-9-18)30(36)37,24(38)22(26(34)35)29(23)25(21)33)31(13-12-28-17(31)2)15-19-6-4-3-5-7-19/h3-13,16,21,23,32H,14-15H2,1-2H3,(H-,34,35,38)/p+1/t16-,21+,23?,27?,31?/m1/s1. The van der Waals surface area contributed by atoms with Gasteiger partial charge in [-0.25, -0.2) is 14.3 Å². The lowest BCUT2D eigenvalue weighted by molar-refractivity contribution is -0.854. The van der Waals surface area contributed by atoms with E-state index in [2.05, 4.69) is 4.99 Å². The molecule has 196 valence electrons. The Kier molecular flexibility index (Phi) is 6.25. The van der Waals surface area contributed by atoms with Crippen molar-refractivity contribution in [1.82, 2.24) is 4.90 Å². The van der Waals surface area contributed by atoms with Gasteiger partial charge in [-0.3, -0.25) is 19.8 Å². The Morgan fingerprint density at radius 2 is 1.87 bits per heavy atom. The van der Waals surface area contributed by atoms with Crippen LogP contribution in [0.2, 0.25) is 0 Å². The largest absolute Gasteiger partial charge is 0.477 e. The number of nitro groups is 1. The number of aliphatic imine (C=N–C) groups is 1. The molecule has 3 aliphatic rings. The SMILES string of the molecule is CC1=NC=C[N+]1(Cc1ccccc1)C1(Cc2ccc([N+](=O)[O-])cc2)C(S)=C(C(=O)O)N2C(=O)[C@@H]([C@@H](C)O)C21. The Bertz CT molecular complexity index is 1420. The van der Waals surface area contributed by atoms with Gasteiger partial charge in [-0.15, -0.1) is 12.6 Å². The molecule has 38 heavy (non-hydrogen) atoms. The molecule has 1 saturated heterocycles. The van der Waals surface area contributed by atoms with Gasteiger partial charge in [0.25, 0.3) is 5.69 Å². The molecule has 11 heteroatoms. The number of carbonyl (C=O) groups is 2. The number of β-lactam (4-membered cyclic amide) rings is 1. The number of aliphatic hydroxyl groups is 1. The van der Waals surface area contributed by atoms with Crippen LogP contribution in [0.3, 0.4) is 0 Å². The minimum atomic E-state index is -1.29. The van der Waals surface area contributed by atoms with Gasteiger partial charge in [0, 0.05) is 31.0 Å². The Labute approximate surface area is 224 Å². The van der Waals surface area contributed by atoms with Crippen LogP contribution >= 0.6 is 12.6 Å². The third-order valence-corrected chi connectivity index (χ3v) is 8.59. The van der Waals surface area contributed by atoms with Gasteiger partial charge in [0.05, 0.1) is 28.1 Å². The molecule has 0 saturated carbocycles. The summed E-state index contributed by atoms with van der Waals surface area (Å²) in [5.41, 5.74) is 0.152. The van der Waals surface area contributed by atoms with Crippen LogP contribution in [0.25, 0.3) is 0 Å². The number of nitro benzene ring substituents is 1. The number of rotatable bonds is 8. The second-order valence-electron chi connectivity index (χ2n) is 9.93. The van der Waals surface area contributed by atoms with Crippen LogP contribution in [0.5, 0.6) is 0 Å². The fourth-order valence-corrected chi connectivity index (χ4v) is 6.87. The van der Waals surface area contributed by atoms with Crippen LogP contribution in [0.1, 0.15) is 25.0 Å². The molecular formula is C27H27N4O6S+. The highest BCUT2D eigenvalue weighted by Gasteiger charge is 2.75. The summed E-state index contributed by atoms with van der Waals surface area (Å²) in [6, 6.07) is 15.0. The zero-order chi connectivity index (χ0) is 27.4. The number of nitrogens with zero attached hydrogens (tertiary/aromatic N) is 4. The molecule has 0 aromatic heterocycles. The summed E-state index contributed by atoms with van der Waals surface area (Å²) in [6.45, 7) is 3.75. The Morgan fingerprint density at radius 1 is 1.21 bits per heavy atom. The van der Waals surface area contributed by atoms with Crippen molar-refractivity contribution in [3.63, 3.8) is 0 Å². The predicted octanol–water partition coefficient (Wildman–Crippen LogP) is 3.24. The number of non-ortho nitro benzene ring substituents is 1. The monoisotopic (exact) mass is 535 g/mol. The van der Waals surface area contributed by atoms with Crippen molar-refractivity contribution in [2.24, 2.45) is 10.9 Å². The highest BCUT2D eigenvalue weighted by Crippen LogP contribution is 2.58. The number of thiol groups is 1. The summed E-state index contributed by atoms with van der Waals surface area (Å²) < 4.78 is 0.0429. The van der Waals surface area contributed by atoms with Crippen molar-refractivity contribution in [2.45, 2.75) is 44.5 Å². The minimum Gasteiger partial charge on any atom is -0.477 e. The lowest BCUT2D eigenvalue weighted by atomic mass is 9.69. The summed E-state index contributed by atoms with van der Waals surface area (Å²) in [6.07, 6.45) is 2.68. The average molecular weight is 536 g/mol. The third-order valence-electron chi connectivity index (χ3n) is 8.00. The third kappa shape index (κ3) is 3.53. The van der Waals surface area contributed by atoms with E-state index in [0.29, 0.717) is 17.9 Å². The van der Waals surface area contributed by atoms with Gasteiger partial charge in [-0.05, 0) is 12.5 Å². The van der Waals surface area contributed by atoms with E-state index in [0.717, 1.165) is 5.56 Å². The molecular weight excluding hydrogens is 508 g/mol. The van der Waals surface area contributed by atoms with Crippen molar-refractivity contribution in [1.29, 1.82) is 0 Å². The van der Waals surface area contributed by atoms with Crippen LogP contribution in [0.15, 0.2) is 82.6 Å². The number of amidine groups is 1. The second kappa shape index (κ2) is 9.19. The number of carboxylic acid groups (broad SMARTS) is 1. The maximum atomic E-state index is 13.3. The van der Waals surface area contributed by atoms with Crippen molar-refractivity contribution in [3.05, 3.63) is 98.8 Å². The smallest absolute Gasteiger partial charge is 0.353 e. The predicted molar refractivity (Wildman–Crippen MR) is 142 cm³/mol. The first-order valence-electron chi connectivity index (χ1n) is 12.1. The number of fused-ring (bicyclic) bond motifs is 1. The van der Waals surface area contributed by atoms with Crippen molar-refractivity contribution < 1.29 is 29.2 Å². The quantitative estimate of drug-likeness (QED) is 0.156. The van der Waals surface area contributed by atoms with E-state index >= 15 is 0 Å². The van der Waals surface area contributed by atoms with E-state index in [1.165, 1.54) is 24.0 Å². The first-order valence-corrected chi connectivity index (χ1v) is 12.6. The highest BCUT2D eigenvalue weighted by molar-refractivity contribution is 7.84. The van der Waals surface area contributed by atoms with Crippen LogP contribution in [0.4, 0.5) is 5.69 Å². The van der Waals surface area contributed by atoms with Gasteiger partial charge in [-0.2, -0.15) is 0 Å². The molecule has 2 aromatic carbocycles. The number of aliphatic carboxylic acids is 1. The van der Waals surface area contributed by atoms with Crippen molar-refractivity contribution in [3.8, 4) is 0 Å². The molecule has 5 rings (SSSR count). The molecule has 1 amide bonds. The summed E-state index contributed by atoms with van der Waals surface area (Å²) in [4.78, 5) is 42.6. The molecule has 1 fully saturated rings. The Hall–Kier alpha value is -3.80. The maximum absolute atomic E-state index is 13.3. The van der Waals surface area contributed by atoms with Crippen LogP contribution in [-0.2, 0) is 22.6 Å². The van der Waals surface area contributed by atoms with Gasteiger partial charge in [-0.1, -0.05) is 42.5 Å². The molecule has 10 nitrogen and oxygen atoms in total. The molecule has 3 heterocycles. The number of amides is 1. The normalized spacial score (nSPS) is 28.7. The van der Waals surface area contributed by atoms with Gasteiger partial charge in [0.15, 0.2) is 5.54 Å². The molecule has 2 N–H and O–H groups in total. The number of hydrogen-bond donors (Lipinski definition) is 3. The first kappa shape index (κ1) is 25.8. The van der Waals surface area contributed by atoms with E-state index in [4.69, 9.17) is 12.6 Å². The number of quaternary nitrogens is 1. The minimum absolute atomic E-state index is 0.0429. The molecule has 3 unspecified atom stereocenters. The molecule has 3 aliphatic heterocycles. The molecule has 0 bridgehead atoms. The van der Waals surface area contributed by atoms with E-state index in [-0.39, 0.29) is 27.2 Å². The number of carboxylic acids is 1. The lowest BCUT2D eigenvalue weighted by Gasteiger charge is -2.57. The number of aliphatic hydroxyl groups excluding tert-OH is 1. The van der Waals surface area contributed by atoms with Crippen molar-refractivity contribution in [2.75, 3.05) is 0 Å². The van der Waals surface area contributed by atoms with E-state index in [9.17, 15) is 29.9 Å². The topological polar surface area (TPSA) is 133 Å². The van der Waals surface area contributed by atoms with Crippen LogP contribution in [0, 0.1) is 16.0 Å². The summed E-state index contributed by atoms with van der Waals surface area (Å²) in [5.74, 6) is -1.98. The van der Waals surface area contributed by atoms with E-state index in [1.54, 1.807) is 18.3 Å². The maximum Gasteiger partial charge on any atom is 0.353 e. The average Bonchev–Trinajstić information content (AvgIpc) is 3.34. The molecule has 2 aromatic rings. The first-order chi connectivity index (χ1) is 18.0. The van der Waals surface area contributed by atoms with Crippen molar-refractivity contribution >= 4 is 36.0 Å². The number of carbonyl (C=O) groups excluding carboxylic acids is 1. The summed E-state index contributed by atoms with van der Waals surface area (Å²) in [7, 11) is 0. The van der Waals surface area contributed by atoms with Crippen LogP contribution < -0.4 is 0 Å². The number of hydrogen-bond acceptors (Lipinski definition) is 7. The van der Waals surface area contributed by atoms with Gasteiger partial charge in [0.1, 0.15) is 24.5 Å². The van der Waals surface area contributed by atoms with Gasteiger partial charge in [0.2, 0.25) is 11.7 Å². The lowest BCUT2D eigenvalue weighted by Crippen LogP contribution is -2.77. The Balaban J connectivity index is 1.79. The Morgan fingerprint density at radius 3 is 2.39 bits per heavy atom. The van der Waals surface area contributed by atoms with Crippen LogP contribution in [-0.4, -0.2) is 59.9 Å². The molecule has 5 atom stereocenters. The zero-order valence-electron chi connectivity index (χ0n) is 20.8. The summed E-state index contributed by atoms with van der Waals surface area (Å²) in [5, 5.41) is 32.2. The zero-order valence-corrected chi connectivity index (χ0v) is 21.7. The summed E-state index contributed by atoms with van der Waals surface area (Å²) >= 11 is 4.85.